The molecule has 0 aliphatic carbocycles. The van der Waals surface area contributed by atoms with Gasteiger partial charge in [-0.25, -0.2) is 5.43 Å². The number of nitrogens with one attached hydrogen (secondary N) is 1. The summed E-state index contributed by atoms with van der Waals surface area (Å²) in [5.41, 5.74) is 2.42. The average molecular weight is 146 g/mol. The quantitative estimate of drug-likeness (QED) is 0.345. The predicted octanol–water partition coefficient (Wildman–Crippen LogP) is 1.00. The van der Waals surface area contributed by atoms with Crippen molar-refractivity contribution in [3.8, 4) is 0 Å². The summed E-state index contributed by atoms with van der Waals surface area (Å²) in [4.78, 5) is 0. The lowest BCUT2D eigenvalue weighted by molar-refractivity contribution is -0.0330. The van der Waals surface area contributed by atoms with Crippen molar-refractivity contribution in [2.45, 2.75) is 39.2 Å². The molecular formula is C7H18N2O. The van der Waals surface area contributed by atoms with Crippen molar-refractivity contribution in [3.05, 3.63) is 0 Å². The van der Waals surface area contributed by atoms with E-state index in [2.05, 4.69) is 26.2 Å². The van der Waals surface area contributed by atoms with Crippen LogP contribution >= 0.6 is 0 Å². The largest absolute Gasteiger partial charge is 0.359 e. The van der Waals surface area contributed by atoms with Crippen molar-refractivity contribution >= 4 is 0 Å². The second-order valence-corrected chi connectivity index (χ2v) is 3.00. The van der Waals surface area contributed by atoms with Gasteiger partial charge in [0.15, 0.2) is 0 Å². The Morgan fingerprint density at radius 1 is 1.50 bits per heavy atom. The number of hydrogen-bond acceptors (Lipinski definition) is 3. The Kier molecular flexibility index (Phi) is 4.60. The van der Waals surface area contributed by atoms with Crippen molar-refractivity contribution in [2.75, 3.05) is 6.73 Å². The fourth-order valence-corrected chi connectivity index (χ4v) is 0.911. The lowest BCUT2D eigenvalue weighted by atomic mass is 10.0. The summed E-state index contributed by atoms with van der Waals surface area (Å²) in [6.45, 7) is 6.69. The highest BCUT2D eigenvalue weighted by molar-refractivity contribution is 4.66. The van der Waals surface area contributed by atoms with Gasteiger partial charge in [0.05, 0.1) is 5.60 Å². The molecule has 3 nitrogen and oxygen atoms in total. The maximum atomic E-state index is 5.38. The molecule has 0 rings (SSSR count). The van der Waals surface area contributed by atoms with Crippen LogP contribution in [0.15, 0.2) is 0 Å². The highest BCUT2D eigenvalue weighted by Crippen LogP contribution is 2.14. The SMILES string of the molecule is CCCC(C)(C)OCNN. The zero-order chi connectivity index (χ0) is 8.04. The van der Waals surface area contributed by atoms with Crippen molar-refractivity contribution in [2.24, 2.45) is 5.84 Å². The molecule has 0 spiro atoms. The molecule has 0 radical (unpaired) electrons. The van der Waals surface area contributed by atoms with Gasteiger partial charge >= 0.3 is 0 Å². The van der Waals surface area contributed by atoms with E-state index in [1.807, 2.05) is 0 Å². The minimum atomic E-state index is -0.0406. The van der Waals surface area contributed by atoms with E-state index in [9.17, 15) is 0 Å². The zero-order valence-electron chi connectivity index (χ0n) is 7.11. The summed E-state index contributed by atoms with van der Waals surface area (Å²) < 4.78 is 5.38. The lowest BCUT2D eigenvalue weighted by Gasteiger charge is -2.24. The maximum absolute atomic E-state index is 5.38. The molecule has 3 N–H and O–H groups in total. The third kappa shape index (κ3) is 4.73. The Morgan fingerprint density at radius 2 is 2.10 bits per heavy atom. The van der Waals surface area contributed by atoms with Crippen LogP contribution in [0.25, 0.3) is 0 Å². The van der Waals surface area contributed by atoms with Gasteiger partial charge in [0.2, 0.25) is 0 Å². The standard InChI is InChI=1S/C7H18N2O/c1-4-5-7(2,3)10-6-9-8/h9H,4-6,8H2,1-3H3. The van der Waals surface area contributed by atoms with Crippen LogP contribution in [0.3, 0.4) is 0 Å². The molecule has 0 aromatic heterocycles. The van der Waals surface area contributed by atoms with Crippen molar-refractivity contribution < 1.29 is 4.74 Å². The average Bonchev–Trinajstić information content (AvgIpc) is 1.84. The number of rotatable bonds is 5. The number of ether oxygens (including phenoxy) is 1. The normalized spacial score (nSPS) is 12.0. The summed E-state index contributed by atoms with van der Waals surface area (Å²) in [6.07, 6.45) is 2.20. The summed E-state index contributed by atoms with van der Waals surface area (Å²) in [6, 6.07) is 0. The first kappa shape index (κ1) is 9.88. The third-order valence-electron chi connectivity index (χ3n) is 1.40. The molecule has 0 aliphatic rings. The van der Waals surface area contributed by atoms with Crippen molar-refractivity contribution in [1.82, 2.24) is 5.43 Å². The minimum absolute atomic E-state index is 0.0406. The molecule has 0 aromatic carbocycles. The van der Waals surface area contributed by atoms with Crippen LogP contribution in [0, 0.1) is 0 Å². The van der Waals surface area contributed by atoms with Crippen LogP contribution in [0.5, 0.6) is 0 Å². The van der Waals surface area contributed by atoms with E-state index < -0.39 is 0 Å². The van der Waals surface area contributed by atoms with Gasteiger partial charge in [-0.2, -0.15) is 0 Å². The number of hydrogen-bond donors (Lipinski definition) is 2. The highest BCUT2D eigenvalue weighted by atomic mass is 16.5. The van der Waals surface area contributed by atoms with E-state index in [-0.39, 0.29) is 5.60 Å². The van der Waals surface area contributed by atoms with E-state index in [0.29, 0.717) is 6.73 Å². The molecule has 10 heavy (non-hydrogen) atoms. The molecule has 62 valence electrons. The fourth-order valence-electron chi connectivity index (χ4n) is 0.911. The van der Waals surface area contributed by atoms with Gasteiger partial charge in [0.25, 0.3) is 0 Å². The van der Waals surface area contributed by atoms with Crippen molar-refractivity contribution in [1.29, 1.82) is 0 Å². The van der Waals surface area contributed by atoms with E-state index in [0.717, 1.165) is 12.8 Å². The molecule has 0 saturated carbocycles. The van der Waals surface area contributed by atoms with Gasteiger partial charge in [-0.15, -0.1) is 0 Å². The van der Waals surface area contributed by atoms with E-state index in [4.69, 9.17) is 10.6 Å². The first-order chi connectivity index (χ1) is 4.62. The lowest BCUT2D eigenvalue weighted by Crippen LogP contribution is -2.33. The molecule has 0 fully saturated rings. The van der Waals surface area contributed by atoms with Gasteiger partial charge < -0.3 is 4.74 Å². The maximum Gasteiger partial charge on any atom is 0.109 e. The van der Waals surface area contributed by atoms with E-state index in [1.54, 1.807) is 0 Å². The smallest absolute Gasteiger partial charge is 0.109 e. The van der Waals surface area contributed by atoms with Crippen LogP contribution in [0.2, 0.25) is 0 Å². The summed E-state index contributed by atoms with van der Waals surface area (Å²) in [5.74, 6) is 5.06. The van der Waals surface area contributed by atoms with Gasteiger partial charge in [-0.1, -0.05) is 13.3 Å². The fraction of sp³-hybridized carbons (Fsp3) is 1.00. The van der Waals surface area contributed by atoms with E-state index >= 15 is 0 Å². The minimum Gasteiger partial charge on any atom is -0.359 e. The molecule has 0 atom stereocenters. The van der Waals surface area contributed by atoms with Crippen LogP contribution in [0.4, 0.5) is 0 Å². The molecule has 0 heterocycles. The van der Waals surface area contributed by atoms with Crippen LogP contribution in [-0.4, -0.2) is 12.3 Å². The zero-order valence-corrected chi connectivity index (χ0v) is 7.11. The number of nitrogens with two attached hydrogens (primary N) is 1. The van der Waals surface area contributed by atoms with E-state index in [1.165, 1.54) is 0 Å². The number of hydrazine groups is 1. The van der Waals surface area contributed by atoms with Crippen molar-refractivity contribution in [3.63, 3.8) is 0 Å². The Bertz CT molecular complexity index is 83.7. The summed E-state index contributed by atoms with van der Waals surface area (Å²) >= 11 is 0. The molecule has 0 saturated heterocycles. The van der Waals surface area contributed by atoms with Crippen LogP contribution in [-0.2, 0) is 4.74 Å². The van der Waals surface area contributed by atoms with Crippen LogP contribution < -0.4 is 11.3 Å². The highest BCUT2D eigenvalue weighted by Gasteiger charge is 2.15. The molecular weight excluding hydrogens is 128 g/mol. The van der Waals surface area contributed by atoms with Gasteiger partial charge in [0, 0.05) is 0 Å². The molecule has 0 aromatic rings. The molecule has 0 amide bonds. The molecule has 0 unspecified atom stereocenters. The molecule has 0 bridgehead atoms. The third-order valence-corrected chi connectivity index (χ3v) is 1.40. The Hall–Kier alpha value is -0.120. The Morgan fingerprint density at radius 3 is 2.50 bits per heavy atom. The van der Waals surface area contributed by atoms with Crippen LogP contribution in [0.1, 0.15) is 33.6 Å². The summed E-state index contributed by atoms with van der Waals surface area (Å²) in [5, 5.41) is 0. The second-order valence-electron chi connectivity index (χ2n) is 3.00. The predicted molar refractivity (Wildman–Crippen MR) is 42.3 cm³/mol. The molecule has 3 heteroatoms. The molecule has 0 aliphatic heterocycles. The Balaban J connectivity index is 3.42. The van der Waals surface area contributed by atoms with Gasteiger partial charge in [-0.05, 0) is 20.3 Å². The van der Waals surface area contributed by atoms with Gasteiger partial charge in [0.1, 0.15) is 6.73 Å². The first-order valence-corrected chi connectivity index (χ1v) is 3.70. The monoisotopic (exact) mass is 146 g/mol. The topological polar surface area (TPSA) is 47.3 Å². The van der Waals surface area contributed by atoms with Gasteiger partial charge in [-0.3, -0.25) is 5.84 Å². The second kappa shape index (κ2) is 4.66. The summed E-state index contributed by atoms with van der Waals surface area (Å²) in [7, 11) is 0. The Labute approximate surface area is 62.9 Å². The first-order valence-electron chi connectivity index (χ1n) is 3.70.